The molecule has 0 aromatic carbocycles. The van der Waals surface area contributed by atoms with Crippen molar-refractivity contribution in [3.8, 4) is 0 Å². The van der Waals surface area contributed by atoms with Crippen LogP contribution in [0.15, 0.2) is 0 Å². The third kappa shape index (κ3) is 59.5. The summed E-state index contributed by atoms with van der Waals surface area (Å²) in [5.74, 6) is -1.41. The molecular weight excluding hydrogens is 1130 g/mol. The summed E-state index contributed by atoms with van der Waals surface area (Å²) in [5, 5.41) is 10.5. The van der Waals surface area contributed by atoms with E-state index in [1.807, 2.05) is 0 Å². The molecule has 6 atom stereocenters. The number of hydrogen-bond donors (Lipinski definition) is 3. The third-order valence-electron chi connectivity index (χ3n) is 15.6. The van der Waals surface area contributed by atoms with Gasteiger partial charge < -0.3 is 33.8 Å². The first-order valence-corrected chi connectivity index (χ1v) is 37.7. The van der Waals surface area contributed by atoms with Crippen molar-refractivity contribution in [1.29, 1.82) is 0 Å². The fourth-order valence-corrected chi connectivity index (χ4v) is 11.5. The van der Waals surface area contributed by atoms with Crippen molar-refractivity contribution in [2.24, 2.45) is 5.92 Å². The van der Waals surface area contributed by atoms with Crippen LogP contribution in [0.3, 0.4) is 0 Å². The van der Waals surface area contributed by atoms with Crippen LogP contribution in [-0.4, -0.2) is 96.7 Å². The molecule has 0 saturated carbocycles. The first-order valence-electron chi connectivity index (χ1n) is 34.7. The van der Waals surface area contributed by atoms with Gasteiger partial charge in [0.25, 0.3) is 0 Å². The molecule has 3 unspecified atom stereocenters. The molecule has 0 amide bonds. The lowest BCUT2D eigenvalue weighted by Gasteiger charge is -2.21. The number of ether oxygens (including phenoxy) is 4. The van der Waals surface area contributed by atoms with Gasteiger partial charge in [-0.05, 0) is 31.6 Å². The number of carbonyl (C=O) groups is 4. The maximum atomic E-state index is 13.0. The fourth-order valence-electron chi connectivity index (χ4n) is 9.90. The zero-order valence-electron chi connectivity index (χ0n) is 54.7. The van der Waals surface area contributed by atoms with Crippen molar-refractivity contribution in [3.63, 3.8) is 0 Å². The number of aliphatic hydroxyl groups excluding tert-OH is 1. The van der Waals surface area contributed by atoms with E-state index < -0.39 is 97.5 Å². The van der Waals surface area contributed by atoms with Crippen molar-refractivity contribution in [2.75, 3.05) is 39.6 Å². The predicted molar refractivity (Wildman–Crippen MR) is 340 cm³/mol. The number of esters is 4. The Morgan fingerprint density at radius 1 is 0.329 bits per heavy atom. The Morgan fingerprint density at radius 3 is 0.835 bits per heavy atom. The summed E-state index contributed by atoms with van der Waals surface area (Å²) < 4.78 is 67.8. The van der Waals surface area contributed by atoms with Crippen molar-refractivity contribution in [2.45, 2.75) is 355 Å². The Hall–Kier alpha value is -1.94. The van der Waals surface area contributed by atoms with Crippen LogP contribution in [0.25, 0.3) is 0 Å². The molecule has 0 aliphatic carbocycles. The fraction of sp³-hybridized carbons (Fsp3) is 0.939. The van der Waals surface area contributed by atoms with E-state index in [9.17, 15) is 43.2 Å². The van der Waals surface area contributed by atoms with Crippen LogP contribution in [0.5, 0.6) is 0 Å². The number of aliphatic hydroxyl groups is 1. The highest BCUT2D eigenvalue weighted by atomic mass is 31.2. The second-order valence-electron chi connectivity index (χ2n) is 24.1. The van der Waals surface area contributed by atoms with Crippen LogP contribution in [0.1, 0.15) is 336 Å². The number of hydrogen-bond acceptors (Lipinski definition) is 15. The van der Waals surface area contributed by atoms with Crippen molar-refractivity contribution in [3.05, 3.63) is 0 Å². The summed E-state index contributed by atoms with van der Waals surface area (Å²) in [6.45, 7) is 7.06. The highest BCUT2D eigenvalue weighted by Gasteiger charge is 2.30. The molecule has 3 N–H and O–H groups in total. The average Bonchev–Trinajstić information content (AvgIpc) is 3.58. The van der Waals surface area contributed by atoms with Gasteiger partial charge >= 0.3 is 39.5 Å². The van der Waals surface area contributed by atoms with Crippen LogP contribution in [0, 0.1) is 5.92 Å². The van der Waals surface area contributed by atoms with E-state index in [4.69, 9.17) is 37.0 Å². The second kappa shape index (κ2) is 59.7. The third-order valence-corrected chi connectivity index (χ3v) is 17.5. The molecule has 0 aromatic rings. The Labute approximate surface area is 517 Å². The highest BCUT2D eigenvalue weighted by Crippen LogP contribution is 2.45. The summed E-state index contributed by atoms with van der Waals surface area (Å²) in [6, 6.07) is 0. The number of carbonyl (C=O) groups excluding carboxylic acids is 4. The lowest BCUT2D eigenvalue weighted by molar-refractivity contribution is -0.161. The topological polar surface area (TPSA) is 237 Å². The molecule has 0 saturated heterocycles. The van der Waals surface area contributed by atoms with E-state index >= 15 is 0 Å². The van der Waals surface area contributed by atoms with Crippen LogP contribution >= 0.6 is 15.6 Å². The zero-order chi connectivity index (χ0) is 62.8. The van der Waals surface area contributed by atoms with Gasteiger partial charge in [-0.2, -0.15) is 0 Å². The molecule has 17 nitrogen and oxygen atoms in total. The molecule has 0 radical (unpaired) electrons. The average molecular weight is 1260 g/mol. The lowest BCUT2D eigenvalue weighted by Crippen LogP contribution is -2.30. The molecule has 0 aromatic heterocycles. The van der Waals surface area contributed by atoms with Crippen molar-refractivity contribution < 1.29 is 80.2 Å². The van der Waals surface area contributed by atoms with E-state index in [0.29, 0.717) is 25.7 Å². The number of unbranched alkanes of at least 4 members (excludes halogenated alkanes) is 37. The zero-order valence-corrected chi connectivity index (χ0v) is 56.5. The maximum Gasteiger partial charge on any atom is 0.472 e. The van der Waals surface area contributed by atoms with Gasteiger partial charge in [0.2, 0.25) is 0 Å². The minimum atomic E-state index is -4.94. The second-order valence-corrected chi connectivity index (χ2v) is 27.0. The molecule has 0 aliphatic rings. The van der Waals surface area contributed by atoms with Gasteiger partial charge in [-0.3, -0.25) is 37.3 Å². The maximum absolute atomic E-state index is 13.0. The normalized spacial score (nSPS) is 14.5. The van der Waals surface area contributed by atoms with Gasteiger partial charge in [0.15, 0.2) is 12.2 Å². The number of phosphoric ester groups is 2. The van der Waals surface area contributed by atoms with Gasteiger partial charge in [-0.25, -0.2) is 9.13 Å². The van der Waals surface area contributed by atoms with E-state index in [2.05, 4.69) is 34.6 Å². The van der Waals surface area contributed by atoms with Crippen LogP contribution in [0.4, 0.5) is 0 Å². The molecular formula is C66H128O17P2. The summed E-state index contributed by atoms with van der Waals surface area (Å²) >= 11 is 0. The number of phosphoric acid groups is 2. The van der Waals surface area contributed by atoms with E-state index in [1.54, 1.807) is 0 Å². The Kier molecular flexibility index (Phi) is 58.3. The molecule has 0 aliphatic heterocycles. The van der Waals surface area contributed by atoms with Gasteiger partial charge in [-0.1, -0.05) is 285 Å². The molecule has 19 heteroatoms. The molecule has 85 heavy (non-hydrogen) atoms. The van der Waals surface area contributed by atoms with Crippen LogP contribution in [-0.2, 0) is 65.4 Å². The van der Waals surface area contributed by atoms with Gasteiger partial charge in [-0.15, -0.1) is 0 Å². The summed E-state index contributed by atoms with van der Waals surface area (Å²) in [7, 11) is -9.88. The standard InChI is InChI=1S/C66H128O17P2/c1-6-10-13-16-18-20-21-22-23-24-25-26-27-28-29-30-31-33-35-42-47-52-66(71)83-62(56-77-64(69)50-45-40-37-36-39-43-48-59(5)9-4)58-81-85(74,75)79-54-60(67)53-78-84(72,73)80-57-61(55-76-63(68)49-44-38-15-12-8-3)82-65(70)51-46-41-34-32-19-17-14-11-7-2/h59-62,67H,6-58H2,1-5H3,(H,72,73)(H,74,75)/t59?,60-,61+,62+/m0/s1. The van der Waals surface area contributed by atoms with E-state index in [0.717, 1.165) is 109 Å². The van der Waals surface area contributed by atoms with Gasteiger partial charge in [0.05, 0.1) is 26.4 Å². The van der Waals surface area contributed by atoms with Crippen LogP contribution < -0.4 is 0 Å². The smallest absolute Gasteiger partial charge is 0.462 e. The molecule has 0 rings (SSSR count). The molecule has 0 heterocycles. The predicted octanol–water partition coefficient (Wildman–Crippen LogP) is 18.6. The lowest BCUT2D eigenvalue weighted by atomic mass is 10.00. The minimum absolute atomic E-state index is 0.105. The van der Waals surface area contributed by atoms with Crippen LogP contribution in [0.2, 0.25) is 0 Å². The Balaban J connectivity index is 5.07. The molecule has 0 fully saturated rings. The SMILES string of the molecule is CCCCCCCCCCCCCCCCCCCCCCCC(=O)O[C@H](COC(=O)CCCCCCCCC(C)CC)COP(=O)(O)OC[C@@H](O)COP(=O)(O)OC[C@@H](COC(=O)CCCCCCC)OC(=O)CCCCCCCCCCC. The van der Waals surface area contributed by atoms with E-state index in [-0.39, 0.29) is 25.7 Å². The molecule has 0 spiro atoms. The monoisotopic (exact) mass is 1250 g/mol. The Morgan fingerprint density at radius 2 is 0.565 bits per heavy atom. The summed E-state index contributed by atoms with van der Waals surface area (Å²) in [6.07, 6.45) is 45.1. The highest BCUT2D eigenvalue weighted by molar-refractivity contribution is 7.47. The summed E-state index contributed by atoms with van der Waals surface area (Å²) in [4.78, 5) is 71.9. The van der Waals surface area contributed by atoms with Gasteiger partial charge in [0.1, 0.15) is 19.3 Å². The first-order chi connectivity index (χ1) is 41.1. The molecule has 0 bridgehead atoms. The number of rotatable bonds is 66. The Bertz CT molecular complexity index is 1650. The van der Waals surface area contributed by atoms with E-state index in [1.165, 1.54) is 148 Å². The molecule has 504 valence electrons. The van der Waals surface area contributed by atoms with Crippen molar-refractivity contribution in [1.82, 2.24) is 0 Å². The largest absolute Gasteiger partial charge is 0.472 e. The minimum Gasteiger partial charge on any atom is -0.462 e. The summed E-state index contributed by atoms with van der Waals surface area (Å²) in [5.41, 5.74) is 0. The van der Waals surface area contributed by atoms with Gasteiger partial charge in [0, 0.05) is 25.7 Å². The first kappa shape index (κ1) is 83.1. The quantitative estimate of drug-likeness (QED) is 0.0222. The van der Waals surface area contributed by atoms with Crippen molar-refractivity contribution >= 4 is 39.5 Å².